The standard InChI is InChI=1S/C13H21FN4O/c1-4-18-10(3)13(9(2)16-18)15-12(19)8-17-6-5-11(14)7-17/h11H,4-8H2,1-3H3,(H,15,19)/t11-/m1/s1. The average molecular weight is 268 g/mol. The normalized spacial score (nSPS) is 19.9. The molecule has 1 saturated heterocycles. The van der Waals surface area contributed by atoms with E-state index in [1.54, 1.807) is 0 Å². The van der Waals surface area contributed by atoms with Gasteiger partial charge >= 0.3 is 0 Å². The van der Waals surface area contributed by atoms with Crippen molar-refractivity contribution < 1.29 is 9.18 Å². The summed E-state index contributed by atoms with van der Waals surface area (Å²) in [5.74, 6) is -0.101. The van der Waals surface area contributed by atoms with Crippen LogP contribution in [0.4, 0.5) is 10.1 Å². The first kappa shape index (κ1) is 14.0. The second kappa shape index (κ2) is 5.69. The van der Waals surface area contributed by atoms with Crippen molar-refractivity contribution in [3.05, 3.63) is 11.4 Å². The average Bonchev–Trinajstić information content (AvgIpc) is 2.87. The molecule has 0 saturated carbocycles. The maximum absolute atomic E-state index is 13.0. The molecule has 1 aromatic rings. The van der Waals surface area contributed by atoms with Crippen molar-refractivity contribution in [1.29, 1.82) is 0 Å². The number of hydrogen-bond donors (Lipinski definition) is 1. The molecule has 1 amide bonds. The van der Waals surface area contributed by atoms with Gasteiger partial charge < -0.3 is 5.32 Å². The number of aromatic nitrogens is 2. The van der Waals surface area contributed by atoms with Crippen LogP contribution in [0.3, 0.4) is 0 Å². The highest BCUT2D eigenvalue weighted by Crippen LogP contribution is 2.19. The molecule has 1 atom stereocenters. The zero-order valence-corrected chi connectivity index (χ0v) is 11.7. The predicted octanol–water partition coefficient (Wildman–Crippen LogP) is 1.50. The summed E-state index contributed by atoms with van der Waals surface area (Å²) in [7, 11) is 0. The number of hydrogen-bond acceptors (Lipinski definition) is 3. The molecule has 2 heterocycles. The summed E-state index contributed by atoms with van der Waals surface area (Å²) in [4.78, 5) is 13.8. The smallest absolute Gasteiger partial charge is 0.238 e. The van der Waals surface area contributed by atoms with Crippen LogP contribution in [0.25, 0.3) is 0 Å². The molecule has 0 unspecified atom stereocenters. The van der Waals surface area contributed by atoms with Gasteiger partial charge in [0.1, 0.15) is 6.17 Å². The molecule has 5 nitrogen and oxygen atoms in total. The third kappa shape index (κ3) is 3.12. The van der Waals surface area contributed by atoms with Crippen LogP contribution in [-0.2, 0) is 11.3 Å². The summed E-state index contributed by atoms with van der Waals surface area (Å²) >= 11 is 0. The van der Waals surface area contributed by atoms with E-state index in [4.69, 9.17) is 0 Å². The minimum atomic E-state index is -0.792. The highest BCUT2D eigenvalue weighted by atomic mass is 19.1. The number of alkyl halides is 1. The Kier molecular flexibility index (Phi) is 4.19. The molecule has 1 aliphatic heterocycles. The van der Waals surface area contributed by atoms with Crippen LogP contribution in [0.1, 0.15) is 24.7 Å². The number of amides is 1. The Hall–Kier alpha value is -1.43. The maximum atomic E-state index is 13.0. The molecule has 0 aromatic carbocycles. The van der Waals surface area contributed by atoms with Crippen molar-refractivity contribution in [2.75, 3.05) is 25.0 Å². The number of halogens is 1. The van der Waals surface area contributed by atoms with Crippen LogP contribution in [0.2, 0.25) is 0 Å². The molecular formula is C13H21FN4O. The molecule has 106 valence electrons. The number of nitrogens with one attached hydrogen (secondary N) is 1. The highest BCUT2D eigenvalue weighted by molar-refractivity contribution is 5.93. The third-order valence-corrected chi connectivity index (χ3v) is 3.53. The lowest BCUT2D eigenvalue weighted by Gasteiger charge is -2.14. The molecule has 0 spiro atoms. The van der Waals surface area contributed by atoms with E-state index in [-0.39, 0.29) is 12.5 Å². The molecule has 1 N–H and O–H groups in total. The minimum absolute atomic E-state index is 0.101. The Morgan fingerprint density at radius 2 is 2.26 bits per heavy atom. The number of aryl methyl sites for hydroxylation is 2. The zero-order chi connectivity index (χ0) is 14.0. The fourth-order valence-electron chi connectivity index (χ4n) is 2.50. The van der Waals surface area contributed by atoms with E-state index in [1.165, 1.54) is 0 Å². The van der Waals surface area contributed by atoms with Crippen molar-refractivity contribution >= 4 is 11.6 Å². The van der Waals surface area contributed by atoms with Crippen LogP contribution in [0, 0.1) is 13.8 Å². The summed E-state index contributed by atoms with van der Waals surface area (Å²) < 4.78 is 14.9. The minimum Gasteiger partial charge on any atom is -0.322 e. The number of carbonyl (C=O) groups excluding carboxylic acids is 1. The molecule has 0 aliphatic carbocycles. The number of likely N-dealkylation sites (tertiary alicyclic amines) is 1. The van der Waals surface area contributed by atoms with Gasteiger partial charge in [0.25, 0.3) is 0 Å². The van der Waals surface area contributed by atoms with Gasteiger partial charge in [-0.3, -0.25) is 14.4 Å². The molecule has 1 aliphatic rings. The molecular weight excluding hydrogens is 247 g/mol. The van der Waals surface area contributed by atoms with E-state index in [1.807, 2.05) is 30.4 Å². The first-order valence-electron chi connectivity index (χ1n) is 6.71. The van der Waals surface area contributed by atoms with Crippen LogP contribution < -0.4 is 5.32 Å². The maximum Gasteiger partial charge on any atom is 0.238 e. The van der Waals surface area contributed by atoms with Crippen LogP contribution >= 0.6 is 0 Å². The summed E-state index contributed by atoms with van der Waals surface area (Å²) in [6, 6.07) is 0. The van der Waals surface area contributed by atoms with Gasteiger partial charge in [0, 0.05) is 19.6 Å². The monoisotopic (exact) mass is 268 g/mol. The lowest BCUT2D eigenvalue weighted by atomic mass is 10.3. The second-order valence-corrected chi connectivity index (χ2v) is 5.03. The number of carbonyl (C=O) groups is 1. The van der Waals surface area contributed by atoms with E-state index in [2.05, 4.69) is 10.4 Å². The van der Waals surface area contributed by atoms with Gasteiger partial charge in [-0.25, -0.2) is 4.39 Å². The predicted molar refractivity (Wildman–Crippen MR) is 72.0 cm³/mol. The van der Waals surface area contributed by atoms with E-state index in [0.717, 1.165) is 23.6 Å². The van der Waals surface area contributed by atoms with Gasteiger partial charge in [0.15, 0.2) is 0 Å². The van der Waals surface area contributed by atoms with Crippen molar-refractivity contribution in [3.63, 3.8) is 0 Å². The largest absolute Gasteiger partial charge is 0.322 e. The molecule has 1 aromatic heterocycles. The molecule has 0 radical (unpaired) electrons. The Labute approximate surface area is 112 Å². The summed E-state index contributed by atoms with van der Waals surface area (Å²) in [5.41, 5.74) is 2.55. The van der Waals surface area contributed by atoms with Gasteiger partial charge in [0.2, 0.25) is 5.91 Å². The summed E-state index contributed by atoms with van der Waals surface area (Å²) in [6.45, 7) is 7.86. The van der Waals surface area contributed by atoms with E-state index in [9.17, 15) is 9.18 Å². The third-order valence-electron chi connectivity index (χ3n) is 3.53. The van der Waals surface area contributed by atoms with Crippen molar-refractivity contribution in [2.45, 2.75) is 39.9 Å². The second-order valence-electron chi connectivity index (χ2n) is 5.03. The Bertz CT molecular complexity index is 471. The Balaban J connectivity index is 1.97. The first-order chi connectivity index (χ1) is 9.01. The van der Waals surface area contributed by atoms with Gasteiger partial charge in [-0.15, -0.1) is 0 Å². The zero-order valence-electron chi connectivity index (χ0n) is 11.7. The number of anilines is 1. The summed E-state index contributed by atoms with van der Waals surface area (Å²) in [5, 5.41) is 7.24. The van der Waals surface area contributed by atoms with Crippen LogP contribution in [0.5, 0.6) is 0 Å². The quantitative estimate of drug-likeness (QED) is 0.900. The van der Waals surface area contributed by atoms with E-state index in [0.29, 0.717) is 19.5 Å². The fourth-order valence-corrected chi connectivity index (χ4v) is 2.50. The Morgan fingerprint density at radius 1 is 1.53 bits per heavy atom. The molecule has 0 bridgehead atoms. The van der Waals surface area contributed by atoms with Crippen LogP contribution in [0.15, 0.2) is 0 Å². The lowest BCUT2D eigenvalue weighted by Crippen LogP contribution is -2.32. The van der Waals surface area contributed by atoms with Gasteiger partial charge in [-0.1, -0.05) is 0 Å². The molecule has 1 fully saturated rings. The number of nitrogens with zero attached hydrogens (tertiary/aromatic N) is 3. The Morgan fingerprint density at radius 3 is 2.79 bits per heavy atom. The SMILES string of the molecule is CCn1nc(C)c(NC(=O)CN2CC[C@@H](F)C2)c1C. The van der Waals surface area contributed by atoms with Gasteiger partial charge in [0.05, 0.1) is 23.6 Å². The van der Waals surface area contributed by atoms with E-state index < -0.39 is 6.17 Å². The molecule has 19 heavy (non-hydrogen) atoms. The van der Waals surface area contributed by atoms with Crippen molar-refractivity contribution in [2.24, 2.45) is 0 Å². The first-order valence-corrected chi connectivity index (χ1v) is 6.71. The number of rotatable bonds is 4. The van der Waals surface area contributed by atoms with Gasteiger partial charge in [-0.2, -0.15) is 5.10 Å². The fraction of sp³-hybridized carbons (Fsp3) is 0.692. The topological polar surface area (TPSA) is 50.2 Å². The van der Waals surface area contributed by atoms with Crippen molar-refractivity contribution in [3.8, 4) is 0 Å². The van der Waals surface area contributed by atoms with Crippen LogP contribution in [-0.4, -0.2) is 46.4 Å². The van der Waals surface area contributed by atoms with Crippen molar-refractivity contribution in [1.82, 2.24) is 14.7 Å². The highest BCUT2D eigenvalue weighted by Gasteiger charge is 2.24. The molecule has 2 rings (SSSR count). The molecule has 6 heteroatoms. The lowest BCUT2D eigenvalue weighted by molar-refractivity contribution is -0.117. The van der Waals surface area contributed by atoms with E-state index >= 15 is 0 Å². The summed E-state index contributed by atoms with van der Waals surface area (Å²) in [6.07, 6.45) is -0.266. The van der Waals surface area contributed by atoms with Gasteiger partial charge in [-0.05, 0) is 27.2 Å².